The number of pyridine rings is 1. The Bertz CT molecular complexity index is 932. The molecule has 2 aromatic rings. The number of hydrogen-bond acceptors (Lipinski definition) is 3. The van der Waals surface area contributed by atoms with Crippen molar-refractivity contribution in [3.8, 4) is 0 Å². The molecule has 0 aliphatic carbocycles. The Morgan fingerprint density at radius 1 is 1.21 bits per heavy atom. The molecule has 1 aliphatic rings. The third kappa shape index (κ3) is 3.80. The van der Waals surface area contributed by atoms with E-state index in [1.165, 1.54) is 24.1 Å². The fraction of sp³-hybridized carbons (Fsp3) is 0.278. The summed E-state index contributed by atoms with van der Waals surface area (Å²) in [5.74, 6) is -6.03. The van der Waals surface area contributed by atoms with Crippen LogP contribution in [0.5, 0.6) is 0 Å². The summed E-state index contributed by atoms with van der Waals surface area (Å²) in [4.78, 5) is 29.7. The minimum absolute atomic E-state index is 0.0122. The molecule has 5 nitrogen and oxygen atoms in total. The van der Waals surface area contributed by atoms with Crippen LogP contribution in [0.3, 0.4) is 0 Å². The lowest BCUT2D eigenvalue weighted by Gasteiger charge is -2.18. The van der Waals surface area contributed by atoms with Gasteiger partial charge in [-0.3, -0.25) is 9.59 Å². The Hall–Kier alpha value is -3.04. The summed E-state index contributed by atoms with van der Waals surface area (Å²) in [7, 11) is 1.42. The fourth-order valence-electron chi connectivity index (χ4n) is 3.17. The van der Waals surface area contributed by atoms with Crippen molar-refractivity contribution in [2.75, 3.05) is 18.9 Å². The van der Waals surface area contributed by atoms with Gasteiger partial charge in [-0.05, 0) is 29.8 Å². The first-order chi connectivity index (χ1) is 13.1. The number of nitrogens with one attached hydrogen (secondary N) is 1. The van der Waals surface area contributed by atoms with Gasteiger partial charge < -0.3 is 10.2 Å². The van der Waals surface area contributed by atoms with Crippen LogP contribution >= 0.6 is 0 Å². The molecule has 0 unspecified atom stereocenters. The topological polar surface area (TPSA) is 62.3 Å². The van der Waals surface area contributed by atoms with Crippen molar-refractivity contribution >= 4 is 17.6 Å². The van der Waals surface area contributed by atoms with Gasteiger partial charge in [-0.2, -0.15) is 17.6 Å². The summed E-state index contributed by atoms with van der Waals surface area (Å²) in [5, 5.41) is 2.31. The Labute approximate surface area is 156 Å². The summed E-state index contributed by atoms with van der Waals surface area (Å²) >= 11 is 0. The number of hydrogen-bond donors (Lipinski definition) is 1. The molecule has 1 fully saturated rings. The van der Waals surface area contributed by atoms with Gasteiger partial charge in [0.15, 0.2) is 0 Å². The lowest BCUT2D eigenvalue weighted by atomic mass is 9.87. The zero-order chi connectivity index (χ0) is 20.6. The largest absolute Gasteiger partial charge is 0.419 e. The summed E-state index contributed by atoms with van der Waals surface area (Å²) < 4.78 is 65.4. The van der Waals surface area contributed by atoms with Gasteiger partial charge in [-0.15, -0.1) is 0 Å². The fourth-order valence-corrected chi connectivity index (χ4v) is 3.17. The maximum atomic E-state index is 13.9. The van der Waals surface area contributed by atoms with Crippen LogP contribution in [-0.2, 0) is 15.8 Å². The Kier molecular flexibility index (Phi) is 5.05. The average molecular weight is 399 g/mol. The maximum absolute atomic E-state index is 13.9. The van der Waals surface area contributed by atoms with Crippen molar-refractivity contribution in [2.24, 2.45) is 5.92 Å². The Morgan fingerprint density at radius 3 is 2.54 bits per heavy atom. The molecule has 0 saturated carbocycles. The number of amides is 2. The van der Waals surface area contributed by atoms with Crippen LogP contribution in [0.2, 0.25) is 0 Å². The highest BCUT2D eigenvalue weighted by atomic mass is 19.4. The van der Waals surface area contributed by atoms with E-state index in [1.54, 1.807) is 0 Å². The molecular weight excluding hydrogens is 385 g/mol. The second-order valence-corrected chi connectivity index (χ2v) is 6.37. The Morgan fingerprint density at radius 2 is 1.93 bits per heavy atom. The highest BCUT2D eigenvalue weighted by Crippen LogP contribution is 2.37. The number of aromatic nitrogens is 1. The molecular formula is C18H14F5N3O2. The molecule has 2 atom stereocenters. The number of nitrogens with zero attached hydrogens (tertiary/aromatic N) is 2. The maximum Gasteiger partial charge on any atom is 0.419 e. The predicted molar refractivity (Wildman–Crippen MR) is 88.1 cm³/mol. The number of carbonyl (C=O) groups is 2. The van der Waals surface area contributed by atoms with Crippen LogP contribution < -0.4 is 5.32 Å². The molecule has 1 saturated heterocycles. The number of likely N-dealkylation sites (tertiary alicyclic amines) is 1. The van der Waals surface area contributed by atoms with E-state index in [9.17, 15) is 31.5 Å². The number of carbonyl (C=O) groups excluding carboxylic acids is 2. The van der Waals surface area contributed by atoms with Gasteiger partial charge in [0, 0.05) is 19.5 Å². The van der Waals surface area contributed by atoms with Crippen LogP contribution in [0.1, 0.15) is 17.0 Å². The standard InChI is InChI=1S/C18H14F5N3O2/c1-26-8-10(9-5-6-11(12(19)7-9)18(21,22)23)15(17(26)28)16(27)25-14-4-2-3-13(20)24-14/h2-7,10,15H,8H2,1H3,(H,24,25,27)/t10-,15+/m1/s1. The number of alkyl halides is 3. The van der Waals surface area contributed by atoms with Gasteiger partial charge in [0.25, 0.3) is 0 Å². The smallest absolute Gasteiger partial charge is 0.344 e. The van der Waals surface area contributed by atoms with E-state index in [1.807, 2.05) is 0 Å². The summed E-state index contributed by atoms with van der Waals surface area (Å²) in [6.45, 7) is 0.0122. The molecule has 3 rings (SSSR count). The molecule has 0 spiro atoms. The molecule has 2 heterocycles. The van der Waals surface area contributed by atoms with Crippen molar-refractivity contribution < 1.29 is 31.5 Å². The minimum atomic E-state index is -4.86. The zero-order valence-electron chi connectivity index (χ0n) is 14.4. The number of anilines is 1. The van der Waals surface area contributed by atoms with E-state index < -0.39 is 47.2 Å². The van der Waals surface area contributed by atoms with Gasteiger partial charge in [0.2, 0.25) is 17.8 Å². The summed E-state index contributed by atoms with van der Waals surface area (Å²) in [6.07, 6.45) is -4.86. The van der Waals surface area contributed by atoms with Crippen LogP contribution in [0.15, 0.2) is 36.4 Å². The first kappa shape index (κ1) is 19.7. The van der Waals surface area contributed by atoms with Crippen molar-refractivity contribution in [1.82, 2.24) is 9.88 Å². The zero-order valence-corrected chi connectivity index (χ0v) is 14.4. The number of halogens is 5. The van der Waals surface area contributed by atoms with E-state index in [2.05, 4.69) is 10.3 Å². The van der Waals surface area contributed by atoms with E-state index in [0.717, 1.165) is 12.1 Å². The number of rotatable bonds is 3. The van der Waals surface area contributed by atoms with Gasteiger partial charge in [-0.1, -0.05) is 12.1 Å². The van der Waals surface area contributed by atoms with Gasteiger partial charge in [0.05, 0.1) is 5.56 Å². The second kappa shape index (κ2) is 7.17. The van der Waals surface area contributed by atoms with Crippen LogP contribution in [0.4, 0.5) is 27.8 Å². The lowest BCUT2D eigenvalue weighted by molar-refractivity contribution is -0.140. The van der Waals surface area contributed by atoms with Crippen LogP contribution in [-0.4, -0.2) is 35.3 Å². The normalized spacial score (nSPS) is 19.8. The SMILES string of the molecule is CN1C[C@H](c2ccc(C(F)(F)F)c(F)c2)[C@@H](C(=O)Nc2cccc(F)n2)C1=O. The van der Waals surface area contributed by atoms with E-state index in [-0.39, 0.29) is 17.9 Å². The van der Waals surface area contributed by atoms with E-state index >= 15 is 0 Å². The highest BCUT2D eigenvalue weighted by Gasteiger charge is 2.45. The van der Waals surface area contributed by atoms with E-state index in [0.29, 0.717) is 12.1 Å². The van der Waals surface area contributed by atoms with Gasteiger partial charge >= 0.3 is 6.18 Å². The summed E-state index contributed by atoms with van der Waals surface area (Å²) in [5.41, 5.74) is -1.35. The van der Waals surface area contributed by atoms with Crippen LogP contribution in [0, 0.1) is 17.7 Å². The van der Waals surface area contributed by atoms with Gasteiger partial charge in [0.1, 0.15) is 17.6 Å². The molecule has 148 valence electrons. The molecule has 1 aromatic carbocycles. The summed E-state index contributed by atoms with van der Waals surface area (Å²) in [6, 6.07) is 6.00. The number of likely N-dealkylation sites (N-methyl/N-ethyl adjacent to an activating group) is 1. The quantitative estimate of drug-likeness (QED) is 0.490. The highest BCUT2D eigenvalue weighted by molar-refractivity contribution is 6.08. The Balaban J connectivity index is 1.90. The molecule has 0 radical (unpaired) electrons. The predicted octanol–water partition coefficient (Wildman–Crippen LogP) is 3.19. The molecule has 28 heavy (non-hydrogen) atoms. The first-order valence-corrected chi connectivity index (χ1v) is 8.13. The molecule has 1 aliphatic heterocycles. The van der Waals surface area contributed by atoms with Gasteiger partial charge in [-0.25, -0.2) is 9.37 Å². The third-order valence-corrected chi connectivity index (χ3v) is 4.49. The second-order valence-electron chi connectivity index (χ2n) is 6.37. The van der Waals surface area contributed by atoms with Crippen molar-refractivity contribution in [2.45, 2.75) is 12.1 Å². The monoisotopic (exact) mass is 399 g/mol. The average Bonchev–Trinajstić information content (AvgIpc) is 2.89. The molecule has 10 heteroatoms. The minimum Gasteiger partial charge on any atom is -0.344 e. The molecule has 0 bridgehead atoms. The third-order valence-electron chi connectivity index (χ3n) is 4.49. The van der Waals surface area contributed by atoms with Crippen molar-refractivity contribution in [3.63, 3.8) is 0 Å². The van der Waals surface area contributed by atoms with Crippen molar-refractivity contribution in [1.29, 1.82) is 0 Å². The van der Waals surface area contributed by atoms with E-state index in [4.69, 9.17) is 0 Å². The molecule has 1 aromatic heterocycles. The first-order valence-electron chi connectivity index (χ1n) is 8.13. The lowest BCUT2D eigenvalue weighted by Crippen LogP contribution is -2.33. The molecule has 2 amide bonds. The number of benzene rings is 1. The van der Waals surface area contributed by atoms with Crippen LogP contribution in [0.25, 0.3) is 0 Å². The van der Waals surface area contributed by atoms with Crippen molar-refractivity contribution in [3.05, 3.63) is 59.3 Å². The molecule has 1 N–H and O–H groups in total.